The fraction of sp³-hybridized carbons (Fsp3) is 0.308. The van der Waals surface area contributed by atoms with E-state index in [-0.39, 0.29) is 5.82 Å². The zero-order chi connectivity index (χ0) is 13.0. The van der Waals surface area contributed by atoms with E-state index in [0.717, 1.165) is 24.0 Å². The number of anilines is 1. The Morgan fingerprint density at radius 1 is 1.33 bits per heavy atom. The number of aryl methyl sites for hydroxylation is 1. The predicted octanol–water partition coefficient (Wildman–Crippen LogP) is 1.54. The molecular formula is C13H17FN4. The number of aromatic nitrogens is 2. The van der Waals surface area contributed by atoms with E-state index in [1.807, 2.05) is 6.07 Å². The van der Waals surface area contributed by atoms with Crippen LogP contribution in [-0.4, -0.2) is 16.3 Å². The first kappa shape index (κ1) is 12.6. The molecule has 0 unspecified atom stereocenters. The predicted molar refractivity (Wildman–Crippen MR) is 69.5 cm³/mol. The Bertz CT molecular complexity index is 521. The third kappa shape index (κ3) is 2.87. The maximum atomic E-state index is 13.1. The van der Waals surface area contributed by atoms with Crippen molar-refractivity contribution in [3.63, 3.8) is 0 Å². The molecular weight excluding hydrogens is 231 g/mol. The highest BCUT2D eigenvalue weighted by molar-refractivity contribution is 5.39. The van der Waals surface area contributed by atoms with E-state index in [9.17, 15) is 4.39 Å². The number of hydrogen-bond acceptors (Lipinski definition) is 3. The van der Waals surface area contributed by atoms with Crippen molar-refractivity contribution in [2.45, 2.75) is 19.4 Å². The second-order valence-electron chi connectivity index (χ2n) is 4.23. The third-order valence-electron chi connectivity index (χ3n) is 2.83. The Morgan fingerprint density at radius 2 is 2.17 bits per heavy atom. The average Bonchev–Trinajstić information content (AvgIpc) is 2.69. The fourth-order valence-electron chi connectivity index (χ4n) is 1.85. The van der Waals surface area contributed by atoms with Gasteiger partial charge in [0.15, 0.2) is 0 Å². The average molecular weight is 248 g/mol. The molecule has 2 rings (SSSR count). The van der Waals surface area contributed by atoms with Crippen LogP contribution < -0.4 is 11.5 Å². The van der Waals surface area contributed by atoms with Gasteiger partial charge in [-0.2, -0.15) is 5.10 Å². The second kappa shape index (κ2) is 5.64. The molecule has 0 radical (unpaired) electrons. The van der Waals surface area contributed by atoms with E-state index >= 15 is 0 Å². The van der Waals surface area contributed by atoms with Crippen LogP contribution in [0.5, 0.6) is 0 Å². The molecule has 4 nitrogen and oxygen atoms in total. The molecule has 0 spiro atoms. The van der Waals surface area contributed by atoms with Gasteiger partial charge in [-0.15, -0.1) is 0 Å². The quantitative estimate of drug-likeness (QED) is 0.843. The first-order valence-corrected chi connectivity index (χ1v) is 5.95. The second-order valence-corrected chi connectivity index (χ2v) is 4.23. The minimum Gasteiger partial charge on any atom is -0.384 e. The summed E-state index contributed by atoms with van der Waals surface area (Å²) in [5.41, 5.74) is 13.3. The summed E-state index contributed by atoms with van der Waals surface area (Å²) < 4.78 is 14.7. The van der Waals surface area contributed by atoms with Crippen LogP contribution in [0.1, 0.15) is 17.5 Å². The van der Waals surface area contributed by atoms with Crippen molar-refractivity contribution in [1.82, 2.24) is 9.78 Å². The minimum absolute atomic E-state index is 0.249. The van der Waals surface area contributed by atoms with Crippen molar-refractivity contribution in [1.29, 1.82) is 0 Å². The largest absolute Gasteiger partial charge is 0.384 e. The lowest BCUT2D eigenvalue weighted by Crippen LogP contribution is -2.07. The van der Waals surface area contributed by atoms with Crippen molar-refractivity contribution in [3.8, 4) is 0 Å². The van der Waals surface area contributed by atoms with Gasteiger partial charge in [-0.3, -0.25) is 0 Å². The lowest BCUT2D eigenvalue weighted by atomic mass is 10.2. The van der Waals surface area contributed by atoms with Gasteiger partial charge in [-0.25, -0.2) is 9.07 Å². The summed E-state index contributed by atoms with van der Waals surface area (Å²) in [5, 5.41) is 4.22. The van der Waals surface area contributed by atoms with Crippen LogP contribution in [0.25, 0.3) is 0 Å². The molecule has 18 heavy (non-hydrogen) atoms. The first-order chi connectivity index (χ1) is 8.70. The molecule has 0 aliphatic carbocycles. The molecule has 0 saturated heterocycles. The zero-order valence-corrected chi connectivity index (χ0v) is 10.1. The van der Waals surface area contributed by atoms with Crippen molar-refractivity contribution in [2.24, 2.45) is 5.73 Å². The maximum Gasteiger partial charge on any atom is 0.125 e. The van der Waals surface area contributed by atoms with E-state index in [1.54, 1.807) is 16.9 Å². The van der Waals surface area contributed by atoms with Gasteiger partial charge in [0.1, 0.15) is 11.6 Å². The lowest BCUT2D eigenvalue weighted by Gasteiger charge is -2.05. The highest BCUT2D eigenvalue weighted by Gasteiger charge is 2.07. The zero-order valence-electron chi connectivity index (χ0n) is 10.1. The van der Waals surface area contributed by atoms with Crippen LogP contribution in [0.3, 0.4) is 0 Å². The summed E-state index contributed by atoms with van der Waals surface area (Å²) >= 11 is 0. The number of hydrogen-bond donors (Lipinski definition) is 2. The fourth-order valence-corrected chi connectivity index (χ4v) is 1.85. The molecule has 0 aliphatic rings. The Labute approximate surface area is 105 Å². The molecule has 0 aliphatic heterocycles. The highest BCUT2D eigenvalue weighted by Crippen LogP contribution is 2.15. The maximum absolute atomic E-state index is 13.1. The summed E-state index contributed by atoms with van der Waals surface area (Å²) in [6, 6.07) is 6.44. The number of nitrogen functional groups attached to an aromatic ring is 1. The number of halogens is 1. The molecule has 2 aromatic rings. The molecule has 5 heteroatoms. The molecule has 1 aromatic heterocycles. The van der Waals surface area contributed by atoms with Crippen molar-refractivity contribution in [2.75, 3.05) is 12.3 Å². The number of rotatable bonds is 5. The van der Waals surface area contributed by atoms with Crippen LogP contribution in [-0.2, 0) is 13.0 Å². The van der Waals surface area contributed by atoms with E-state index < -0.39 is 0 Å². The van der Waals surface area contributed by atoms with E-state index in [1.165, 1.54) is 12.1 Å². The molecule has 0 saturated carbocycles. The van der Waals surface area contributed by atoms with Gasteiger partial charge in [-0.05, 0) is 37.1 Å². The topological polar surface area (TPSA) is 69.9 Å². The van der Waals surface area contributed by atoms with Gasteiger partial charge in [0.05, 0.1) is 12.7 Å². The van der Waals surface area contributed by atoms with Gasteiger partial charge in [-0.1, -0.05) is 12.1 Å². The standard InChI is InChI=1S/C13H17FN4/c14-12-5-1-3-10(7-12)9-18-13(16)11(8-17-18)4-2-6-15/h1,3,5,7-8H,2,4,6,9,15-16H2. The van der Waals surface area contributed by atoms with Crippen LogP contribution in [0.4, 0.5) is 10.2 Å². The Morgan fingerprint density at radius 3 is 2.89 bits per heavy atom. The molecule has 0 fully saturated rings. The Kier molecular flexibility index (Phi) is 3.94. The van der Waals surface area contributed by atoms with Gasteiger partial charge in [0.2, 0.25) is 0 Å². The summed E-state index contributed by atoms with van der Waals surface area (Å²) in [4.78, 5) is 0. The normalized spacial score (nSPS) is 10.8. The number of nitrogens with zero attached hydrogens (tertiary/aromatic N) is 2. The molecule has 0 bridgehead atoms. The van der Waals surface area contributed by atoms with Gasteiger partial charge >= 0.3 is 0 Å². The van der Waals surface area contributed by atoms with Gasteiger partial charge < -0.3 is 11.5 Å². The Hall–Kier alpha value is -1.88. The number of nitrogens with two attached hydrogens (primary N) is 2. The van der Waals surface area contributed by atoms with Gasteiger partial charge in [0.25, 0.3) is 0 Å². The van der Waals surface area contributed by atoms with E-state index in [2.05, 4.69) is 5.10 Å². The van der Waals surface area contributed by atoms with E-state index in [4.69, 9.17) is 11.5 Å². The highest BCUT2D eigenvalue weighted by atomic mass is 19.1. The smallest absolute Gasteiger partial charge is 0.125 e. The molecule has 1 aromatic carbocycles. The summed E-state index contributed by atoms with van der Waals surface area (Å²) in [5.74, 6) is 0.384. The molecule has 0 amide bonds. The summed E-state index contributed by atoms with van der Waals surface area (Å²) in [7, 11) is 0. The lowest BCUT2D eigenvalue weighted by molar-refractivity contribution is 0.620. The van der Waals surface area contributed by atoms with Crippen LogP contribution >= 0.6 is 0 Å². The minimum atomic E-state index is -0.249. The number of benzene rings is 1. The van der Waals surface area contributed by atoms with Crippen molar-refractivity contribution >= 4 is 5.82 Å². The van der Waals surface area contributed by atoms with E-state index in [0.29, 0.717) is 18.9 Å². The Balaban J connectivity index is 2.12. The third-order valence-corrected chi connectivity index (χ3v) is 2.83. The van der Waals surface area contributed by atoms with Crippen molar-refractivity contribution < 1.29 is 4.39 Å². The van der Waals surface area contributed by atoms with Crippen molar-refractivity contribution in [3.05, 3.63) is 47.4 Å². The molecule has 96 valence electrons. The molecule has 0 atom stereocenters. The first-order valence-electron chi connectivity index (χ1n) is 5.95. The van der Waals surface area contributed by atoms with Crippen LogP contribution in [0, 0.1) is 5.82 Å². The molecule has 4 N–H and O–H groups in total. The summed E-state index contributed by atoms with van der Waals surface area (Å²) in [6.45, 7) is 1.11. The SMILES string of the molecule is NCCCc1cnn(Cc2cccc(F)c2)c1N. The summed E-state index contributed by atoms with van der Waals surface area (Å²) in [6.07, 6.45) is 3.46. The monoisotopic (exact) mass is 248 g/mol. The molecule has 1 heterocycles. The van der Waals surface area contributed by atoms with Crippen LogP contribution in [0.15, 0.2) is 30.5 Å². The van der Waals surface area contributed by atoms with Gasteiger partial charge in [0, 0.05) is 5.56 Å². The van der Waals surface area contributed by atoms with Crippen LogP contribution in [0.2, 0.25) is 0 Å².